The van der Waals surface area contributed by atoms with Gasteiger partial charge in [-0.05, 0) is 30.0 Å². The van der Waals surface area contributed by atoms with E-state index in [1.807, 2.05) is 24.0 Å². The van der Waals surface area contributed by atoms with Gasteiger partial charge in [0.25, 0.3) is 0 Å². The van der Waals surface area contributed by atoms with Crippen molar-refractivity contribution in [2.24, 2.45) is 0 Å². The first kappa shape index (κ1) is 19.8. The van der Waals surface area contributed by atoms with E-state index in [-0.39, 0.29) is 5.91 Å². The van der Waals surface area contributed by atoms with Crippen LogP contribution in [0.15, 0.2) is 36.8 Å². The van der Waals surface area contributed by atoms with Crippen LogP contribution in [0.4, 0.5) is 11.5 Å². The zero-order chi connectivity index (χ0) is 20.2. The molecule has 1 aromatic carbocycles. The zero-order valence-corrected chi connectivity index (χ0v) is 17.0. The highest BCUT2D eigenvalue weighted by Crippen LogP contribution is 2.30. The van der Waals surface area contributed by atoms with E-state index in [2.05, 4.69) is 25.8 Å². The number of fused-ring (bicyclic) bond motifs is 1. The number of aliphatic hydroxyl groups is 1. The molecule has 3 heterocycles. The molecule has 1 aromatic heterocycles. The fraction of sp³-hybridized carbons (Fsp3) is 0.500. The molecule has 2 aliphatic heterocycles. The summed E-state index contributed by atoms with van der Waals surface area (Å²) in [5.41, 5.74) is 3.12. The summed E-state index contributed by atoms with van der Waals surface area (Å²) >= 11 is 0. The zero-order valence-electron chi connectivity index (χ0n) is 17.0. The fourth-order valence-corrected chi connectivity index (χ4v) is 4.24. The second kappa shape index (κ2) is 8.88. The van der Waals surface area contributed by atoms with Gasteiger partial charge in [-0.2, -0.15) is 0 Å². The number of carbonyl (C=O) groups is 1. The minimum atomic E-state index is -0.527. The van der Waals surface area contributed by atoms with Gasteiger partial charge in [0.15, 0.2) is 0 Å². The highest BCUT2D eigenvalue weighted by atomic mass is 16.3. The Kier molecular flexibility index (Phi) is 6.06. The summed E-state index contributed by atoms with van der Waals surface area (Å²) < 4.78 is 0. The Morgan fingerprint density at radius 3 is 2.72 bits per heavy atom. The standard InChI is InChI=1S/C22H29N5O2/c1-2-22(29)27-9-3-4-17-14-18(5-6-19(17)27)20(28)16-25-10-12-26(13-11-25)21-15-23-7-8-24-21/h5-8,14-15,20,28H,2-4,9-13,16H2,1H3/t20-/m0/s1. The van der Waals surface area contributed by atoms with Crippen LogP contribution < -0.4 is 9.80 Å². The van der Waals surface area contributed by atoms with E-state index in [1.165, 1.54) is 5.56 Å². The highest BCUT2D eigenvalue weighted by molar-refractivity contribution is 5.94. The first-order valence-corrected chi connectivity index (χ1v) is 10.5. The molecule has 1 amide bonds. The summed E-state index contributed by atoms with van der Waals surface area (Å²) in [6, 6.07) is 6.07. The summed E-state index contributed by atoms with van der Waals surface area (Å²) in [6.45, 7) is 6.84. The van der Waals surface area contributed by atoms with Crippen LogP contribution in [0, 0.1) is 0 Å². The van der Waals surface area contributed by atoms with Crippen LogP contribution in [-0.4, -0.2) is 65.2 Å². The normalized spacial score (nSPS) is 18.4. The summed E-state index contributed by atoms with van der Waals surface area (Å²) in [5, 5.41) is 10.8. The van der Waals surface area contributed by atoms with Crippen molar-refractivity contribution < 1.29 is 9.90 Å². The van der Waals surface area contributed by atoms with Crippen molar-refractivity contribution >= 4 is 17.4 Å². The number of anilines is 2. The van der Waals surface area contributed by atoms with Crippen LogP contribution in [0.25, 0.3) is 0 Å². The summed E-state index contributed by atoms with van der Waals surface area (Å²) in [5.74, 6) is 1.08. The Balaban J connectivity index is 1.37. The average molecular weight is 396 g/mol. The molecule has 1 saturated heterocycles. The monoisotopic (exact) mass is 395 g/mol. The molecule has 0 aliphatic carbocycles. The average Bonchev–Trinajstić information content (AvgIpc) is 2.78. The van der Waals surface area contributed by atoms with Gasteiger partial charge >= 0.3 is 0 Å². The predicted molar refractivity (Wildman–Crippen MR) is 113 cm³/mol. The Bertz CT molecular complexity index is 836. The summed E-state index contributed by atoms with van der Waals surface area (Å²) in [6.07, 6.45) is 7.13. The molecular formula is C22H29N5O2. The maximum Gasteiger partial charge on any atom is 0.226 e. The van der Waals surface area contributed by atoms with Gasteiger partial charge in [-0.3, -0.25) is 14.7 Å². The topological polar surface area (TPSA) is 72.8 Å². The predicted octanol–water partition coefficient (Wildman–Crippen LogP) is 2.02. The van der Waals surface area contributed by atoms with Crippen LogP contribution in [0.2, 0.25) is 0 Å². The number of hydrogen-bond donors (Lipinski definition) is 1. The summed E-state index contributed by atoms with van der Waals surface area (Å²) in [4.78, 5) is 27.1. The van der Waals surface area contributed by atoms with Gasteiger partial charge in [0.1, 0.15) is 5.82 Å². The number of aliphatic hydroxyl groups excluding tert-OH is 1. The molecule has 1 atom stereocenters. The minimum absolute atomic E-state index is 0.167. The first-order chi connectivity index (χ1) is 14.2. The van der Waals surface area contributed by atoms with E-state index in [0.717, 1.165) is 62.6 Å². The molecule has 4 rings (SSSR count). The molecule has 29 heavy (non-hydrogen) atoms. The molecule has 0 saturated carbocycles. The molecule has 154 valence electrons. The van der Waals surface area contributed by atoms with Gasteiger partial charge < -0.3 is 14.9 Å². The van der Waals surface area contributed by atoms with E-state index in [9.17, 15) is 9.90 Å². The molecule has 7 nitrogen and oxygen atoms in total. The lowest BCUT2D eigenvalue weighted by atomic mass is 9.96. The third-order valence-electron chi connectivity index (χ3n) is 5.89. The second-order valence-corrected chi connectivity index (χ2v) is 7.76. The van der Waals surface area contributed by atoms with Crippen LogP contribution in [0.5, 0.6) is 0 Å². The van der Waals surface area contributed by atoms with E-state index in [0.29, 0.717) is 13.0 Å². The van der Waals surface area contributed by atoms with Gasteiger partial charge in [0.2, 0.25) is 5.91 Å². The maximum absolute atomic E-state index is 12.2. The van der Waals surface area contributed by atoms with Crippen molar-refractivity contribution in [1.82, 2.24) is 14.9 Å². The Morgan fingerprint density at radius 1 is 1.17 bits per heavy atom. The quantitative estimate of drug-likeness (QED) is 0.835. The molecule has 1 N–H and O–H groups in total. The molecule has 0 bridgehead atoms. The smallest absolute Gasteiger partial charge is 0.226 e. The van der Waals surface area contributed by atoms with Gasteiger partial charge in [-0.1, -0.05) is 19.1 Å². The van der Waals surface area contributed by atoms with Crippen molar-refractivity contribution in [3.63, 3.8) is 0 Å². The SMILES string of the molecule is CCC(=O)N1CCCc2cc([C@@H](O)CN3CCN(c4cnccn4)CC3)ccc21. The van der Waals surface area contributed by atoms with Crippen molar-refractivity contribution in [1.29, 1.82) is 0 Å². The van der Waals surface area contributed by atoms with Crippen LogP contribution in [0.3, 0.4) is 0 Å². The largest absolute Gasteiger partial charge is 0.387 e. The number of piperazine rings is 1. The molecule has 2 aliphatic rings. The van der Waals surface area contributed by atoms with E-state index in [4.69, 9.17) is 0 Å². The Labute approximate surface area is 172 Å². The second-order valence-electron chi connectivity index (χ2n) is 7.76. The van der Waals surface area contributed by atoms with Gasteiger partial charge in [-0.25, -0.2) is 4.98 Å². The Hall–Kier alpha value is -2.51. The molecule has 0 radical (unpaired) electrons. The van der Waals surface area contributed by atoms with Crippen LogP contribution >= 0.6 is 0 Å². The van der Waals surface area contributed by atoms with Gasteiger partial charge in [0, 0.05) is 63.8 Å². The molecule has 0 spiro atoms. The number of β-amino-alcohol motifs (C(OH)–C–C–N with tert-alkyl or cyclic N) is 1. The van der Waals surface area contributed by atoms with E-state index >= 15 is 0 Å². The third-order valence-corrected chi connectivity index (χ3v) is 5.89. The van der Waals surface area contributed by atoms with Crippen molar-refractivity contribution in [2.75, 3.05) is 49.1 Å². The lowest BCUT2D eigenvalue weighted by Crippen LogP contribution is -2.47. The van der Waals surface area contributed by atoms with Crippen LogP contribution in [0.1, 0.15) is 37.0 Å². The fourth-order valence-electron chi connectivity index (χ4n) is 4.24. The lowest BCUT2D eigenvalue weighted by molar-refractivity contribution is -0.118. The minimum Gasteiger partial charge on any atom is -0.387 e. The van der Waals surface area contributed by atoms with E-state index < -0.39 is 6.10 Å². The Morgan fingerprint density at radius 2 is 2.00 bits per heavy atom. The molecule has 0 unspecified atom stereocenters. The van der Waals surface area contributed by atoms with Gasteiger partial charge in [-0.15, -0.1) is 0 Å². The number of rotatable bonds is 5. The molecule has 1 fully saturated rings. The van der Waals surface area contributed by atoms with Gasteiger partial charge in [0.05, 0.1) is 12.3 Å². The van der Waals surface area contributed by atoms with E-state index in [1.54, 1.807) is 18.6 Å². The number of amides is 1. The van der Waals surface area contributed by atoms with Crippen molar-refractivity contribution in [2.45, 2.75) is 32.3 Å². The highest BCUT2D eigenvalue weighted by Gasteiger charge is 2.24. The number of aromatic nitrogens is 2. The number of benzene rings is 1. The molecule has 2 aromatic rings. The number of aryl methyl sites for hydroxylation is 1. The molecular weight excluding hydrogens is 366 g/mol. The van der Waals surface area contributed by atoms with Crippen molar-refractivity contribution in [3.05, 3.63) is 47.9 Å². The summed E-state index contributed by atoms with van der Waals surface area (Å²) in [7, 11) is 0. The van der Waals surface area contributed by atoms with Crippen LogP contribution in [-0.2, 0) is 11.2 Å². The maximum atomic E-state index is 12.2. The third kappa shape index (κ3) is 4.41. The van der Waals surface area contributed by atoms with Crippen molar-refractivity contribution in [3.8, 4) is 0 Å². The number of hydrogen-bond acceptors (Lipinski definition) is 6. The molecule has 7 heteroatoms. The lowest BCUT2D eigenvalue weighted by Gasteiger charge is -2.36. The number of nitrogens with zero attached hydrogens (tertiary/aromatic N) is 5. The number of carbonyl (C=O) groups excluding carboxylic acids is 1. The first-order valence-electron chi connectivity index (χ1n) is 10.5.